The Balaban J connectivity index is 1.96. The molecule has 2 saturated heterocycles. The molecule has 4 aliphatic rings. The third-order valence-corrected chi connectivity index (χ3v) is 7.84. The Bertz CT molecular complexity index is 1120. The zero-order chi connectivity index (χ0) is 27.4. The summed E-state index contributed by atoms with van der Waals surface area (Å²) in [5.41, 5.74) is 2.05. The van der Waals surface area contributed by atoms with Crippen LogP contribution >= 0.6 is 0 Å². The first-order valence-electron chi connectivity index (χ1n) is 13.1. The highest BCUT2D eigenvalue weighted by atomic mass is 16.5. The zero-order valence-electron chi connectivity index (χ0n) is 22.5. The Labute approximate surface area is 222 Å². The van der Waals surface area contributed by atoms with Crippen molar-refractivity contribution in [3.8, 4) is 0 Å². The number of likely N-dealkylation sites (tertiary alicyclic amines) is 2. The molecule has 0 N–H and O–H groups in total. The number of esters is 4. The highest BCUT2D eigenvalue weighted by Gasteiger charge is 2.41. The molecule has 2 fully saturated rings. The second-order valence-corrected chi connectivity index (χ2v) is 9.90. The molecule has 10 nitrogen and oxygen atoms in total. The first-order chi connectivity index (χ1) is 18.3. The van der Waals surface area contributed by atoms with E-state index in [9.17, 15) is 19.2 Å². The van der Waals surface area contributed by atoms with Crippen LogP contribution in [0.3, 0.4) is 0 Å². The number of ether oxygens (including phenoxy) is 4. The van der Waals surface area contributed by atoms with Crippen LogP contribution in [0.2, 0.25) is 0 Å². The van der Waals surface area contributed by atoms with Crippen LogP contribution in [0.1, 0.15) is 38.5 Å². The summed E-state index contributed by atoms with van der Waals surface area (Å²) in [4.78, 5) is 56.7. The van der Waals surface area contributed by atoms with Gasteiger partial charge in [-0.2, -0.15) is 0 Å². The lowest BCUT2D eigenvalue weighted by atomic mass is 9.85. The molecule has 2 aliphatic heterocycles. The first-order valence-corrected chi connectivity index (χ1v) is 13.1. The Morgan fingerprint density at radius 1 is 0.632 bits per heavy atom. The molecule has 0 radical (unpaired) electrons. The average Bonchev–Trinajstić information content (AvgIpc) is 3.62. The van der Waals surface area contributed by atoms with E-state index in [1.165, 1.54) is 28.4 Å². The third-order valence-electron chi connectivity index (χ3n) is 7.84. The molecule has 0 saturated carbocycles. The van der Waals surface area contributed by atoms with Crippen molar-refractivity contribution in [3.63, 3.8) is 0 Å². The van der Waals surface area contributed by atoms with Gasteiger partial charge in [0.25, 0.3) is 0 Å². The Morgan fingerprint density at radius 2 is 1.13 bits per heavy atom. The average molecular weight is 529 g/mol. The number of hydrogen-bond acceptors (Lipinski definition) is 10. The molecule has 0 aromatic rings. The van der Waals surface area contributed by atoms with Crippen molar-refractivity contribution in [3.05, 3.63) is 45.8 Å². The van der Waals surface area contributed by atoms with Crippen LogP contribution < -0.4 is 0 Å². The molecule has 0 spiro atoms. The second kappa shape index (κ2) is 11.9. The van der Waals surface area contributed by atoms with Crippen LogP contribution in [0.25, 0.3) is 0 Å². The van der Waals surface area contributed by atoms with E-state index in [1.807, 2.05) is 6.08 Å². The highest BCUT2D eigenvalue weighted by molar-refractivity contribution is 6.08. The van der Waals surface area contributed by atoms with Crippen molar-refractivity contribution in [2.45, 2.75) is 38.5 Å². The predicted octanol–water partition coefficient (Wildman–Crippen LogP) is 2.27. The maximum absolute atomic E-state index is 13.1. The van der Waals surface area contributed by atoms with Crippen LogP contribution in [-0.2, 0) is 38.1 Å². The van der Waals surface area contributed by atoms with Gasteiger partial charge in [0.05, 0.1) is 50.7 Å². The summed E-state index contributed by atoms with van der Waals surface area (Å²) in [7, 11) is 5.13. The smallest absolute Gasteiger partial charge is 0.340 e. The molecule has 0 aromatic carbocycles. The summed E-state index contributed by atoms with van der Waals surface area (Å²) >= 11 is 0. The van der Waals surface area contributed by atoms with Crippen LogP contribution in [0.5, 0.6) is 0 Å². The summed E-state index contributed by atoms with van der Waals surface area (Å²) in [6.07, 6.45) is 8.13. The van der Waals surface area contributed by atoms with Gasteiger partial charge >= 0.3 is 23.9 Å². The van der Waals surface area contributed by atoms with E-state index >= 15 is 0 Å². The van der Waals surface area contributed by atoms with Gasteiger partial charge in [0.15, 0.2) is 0 Å². The van der Waals surface area contributed by atoms with Gasteiger partial charge in [0.2, 0.25) is 0 Å². The monoisotopic (exact) mass is 528 g/mol. The maximum atomic E-state index is 13.1. The number of hydrogen-bond donors (Lipinski definition) is 0. The molecular weight excluding hydrogens is 492 g/mol. The second-order valence-electron chi connectivity index (χ2n) is 9.90. The molecule has 38 heavy (non-hydrogen) atoms. The lowest BCUT2D eigenvalue weighted by molar-refractivity contribution is -0.139. The fraction of sp³-hybridized carbons (Fsp3) is 0.571. The van der Waals surface area contributed by atoms with Crippen LogP contribution in [-0.4, -0.2) is 88.3 Å². The molecule has 0 bridgehead atoms. The van der Waals surface area contributed by atoms with Gasteiger partial charge in [-0.05, 0) is 50.4 Å². The van der Waals surface area contributed by atoms with Gasteiger partial charge in [-0.25, -0.2) is 19.2 Å². The number of fused-ring (bicyclic) bond motifs is 1. The van der Waals surface area contributed by atoms with Gasteiger partial charge in [-0.15, -0.1) is 0 Å². The topological polar surface area (TPSA) is 112 Å². The van der Waals surface area contributed by atoms with E-state index < -0.39 is 29.8 Å². The van der Waals surface area contributed by atoms with Gasteiger partial charge in [-0.1, -0.05) is 12.2 Å². The number of carbonyl (C=O) groups is 4. The molecule has 2 atom stereocenters. The maximum Gasteiger partial charge on any atom is 0.340 e. The Morgan fingerprint density at radius 3 is 1.68 bits per heavy atom. The Hall–Kier alpha value is -3.56. The normalized spacial score (nSPS) is 23.7. The van der Waals surface area contributed by atoms with Crippen LogP contribution in [0.4, 0.5) is 0 Å². The standard InChI is InChI=1S/C28H36N2O8/c1-35-25(31)19-13-17-14-20(26(32)36-2)24(28(34)38-4)22(30-11-7-8-12-30)16-18(17)15-21(23(19)27(33)37-3)29-9-5-6-10-29/h13,16-18H,5-12,14-15H2,1-4H3/t17-,18+/m0/s1. The SMILES string of the molecule is COC(=O)C1=C[C@H]2CC(C(=O)OC)=C(C(=O)OC)C(N3CCCC3)=C[C@H]2CC(N2CCCC2)=C1C(=O)OC. The summed E-state index contributed by atoms with van der Waals surface area (Å²) in [6, 6.07) is 0. The van der Waals surface area contributed by atoms with Crippen molar-refractivity contribution in [1.82, 2.24) is 9.80 Å². The van der Waals surface area contributed by atoms with Crippen molar-refractivity contribution < 1.29 is 38.1 Å². The molecule has 0 aromatic heterocycles. The molecule has 0 amide bonds. The van der Waals surface area contributed by atoms with E-state index in [4.69, 9.17) is 18.9 Å². The minimum absolute atomic E-state index is 0.107. The summed E-state index contributed by atoms with van der Waals surface area (Å²) < 4.78 is 20.5. The number of allylic oxidation sites excluding steroid dienone is 3. The predicted molar refractivity (Wildman–Crippen MR) is 136 cm³/mol. The van der Waals surface area contributed by atoms with Crippen molar-refractivity contribution in [2.75, 3.05) is 54.6 Å². The fourth-order valence-corrected chi connectivity index (χ4v) is 5.97. The number of methoxy groups -OCH3 is 4. The van der Waals surface area contributed by atoms with E-state index in [-0.39, 0.29) is 34.6 Å². The lowest BCUT2D eigenvalue weighted by Crippen LogP contribution is -2.27. The van der Waals surface area contributed by atoms with Gasteiger partial charge in [0.1, 0.15) is 0 Å². The largest absolute Gasteiger partial charge is 0.466 e. The summed E-state index contributed by atoms with van der Waals surface area (Å²) in [5, 5.41) is 0. The first kappa shape index (κ1) is 27.5. The van der Waals surface area contributed by atoms with Crippen molar-refractivity contribution in [2.24, 2.45) is 11.8 Å². The molecular formula is C28H36N2O8. The van der Waals surface area contributed by atoms with Crippen LogP contribution in [0, 0.1) is 11.8 Å². The van der Waals surface area contributed by atoms with E-state index in [0.717, 1.165) is 57.6 Å². The van der Waals surface area contributed by atoms with Gasteiger partial charge < -0.3 is 28.7 Å². The molecule has 2 aliphatic carbocycles. The molecule has 206 valence electrons. The lowest BCUT2D eigenvalue weighted by Gasteiger charge is -2.28. The summed E-state index contributed by atoms with van der Waals surface area (Å²) in [5.74, 6) is -3.14. The van der Waals surface area contributed by atoms with Crippen molar-refractivity contribution >= 4 is 23.9 Å². The van der Waals surface area contributed by atoms with E-state index in [1.54, 1.807) is 6.08 Å². The van der Waals surface area contributed by atoms with E-state index in [0.29, 0.717) is 12.1 Å². The highest BCUT2D eigenvalue weighted by Crippen LogP contribution is 2.43. The van der Waals surface area contributed by atoms with E-state index in [2.05, 4.69) is 9.80 Å². The minimum Gasteiger partial charge on any atom is -0.466 e. The molecule has 2 heterocycles. The third kappa shape index (κ3) is 5.21. The number of nitrogens with zero attached hydrogens (tertiary/aromatic N) is 2. The number of carbonyl (C=O) groups excluding carboxylic acids is 4. The summed E-state index contributed by atoms with van der Waals surface area (Å²) in [6.45, 7) is 2.99. The van der Waals surface area contributed by atoms with Crippen LogP contribution in [0.15, 0.2) is 45.8 Å². The fourth-order valence-electron chi connectivity index (χ4n) is 5.97. The molecule has 0 unspecified atom stereocenters. The number of rotatable bonds is 6. The molecule has 10 heteroatoms. The van der Waals surface area contributed by atoms with Crippen molar-refractivity contribution in [1.29, 1.82) is 0 Å². The zero-order valence-corrected chi connectivity index (χ0v) is 22.5. The van der Waals surface area contributed by atoms with Gasteiger partial charge in [0, 0.05) is 37.6 Å². The minimum atomic E-state index is -0.660. The quantitative estimate of drug-likeness (QED) is 0.376. The van der Waals surface area contributed by atoms with Gasteiger partial charge in [-0.3, -0.25) is 0 Å². The molecule has 4 rings (SSSR count). The Kier molecular flexibility index (Phi) is 8.58.